The van der Waals surface area contributed by atoms with Gasteiger partial charge in [0.2, 0.25) is 0 Å². The molecule has 2 N–H and O–H groups in total. The first kappa shape index (κ1) is 16.4. The molecule has 0 fully saturated rings. The van der Waals surface area contributed by atoms with E-state index < -0.39 is 11.8 Å². The van der Waals surface area contributed by atoms with Gasteiger partial charge in [0.1, 0.15) is 5.82 Å². The molecule has 2 aromatic carbocycles. The van der Waals surface area contributed by atoms with Crippen molar-refractivity contribution in [3.05, 3.63) is 70.5 Å². The second-order valence-corrected chi connectivity index (χ2v) is 6.56. The number of aromatic nitrogens is 3. The Morgan fingerprint density at radius 1 is 1.12 bits per heavy atom. The molecule has 7 heteroatoms. The number of carboxylic acid groups (broad SMARTS) is 1. The van der Waals surface area contributed by atoms with E-state index in [1.807, 2.05) is 24.3 Å². The normalized spacial score (nSPS) is 11.0. The number of aromatic amines is 1. The van der Waals surface area contributed by atoms with Gasteiger partial charge in [-0.15, -0.1) is 0 Å². The van der Waals surface area contributed by atoms with E-state index in [1.165, 1.54) is 12.1 Å². The van der Waals surface area contributed by atoms with Crippen molar-refractivity contribution in [3.63, 3.8) is 0 Å². The third-order valence-electron chi connectivity index (χ3n) is 4.04. The van der Waals surface area contributed by atoms with Gasteiger partial charge in [-0.2, -0.15) is 5.10 Å². The molecule has 128 valence electrons. The van der Waals surface area contributed by atoms with Crippen molar-refractivity contribution in [3.8, 4) is 22.5 Å². The lowest BCUT2D eigenvalue weighted by molar-refractivity contribution is 0.0699. The third kappa shape index (κ3) is 2.76. The highest BCUT2D eigenvalue weighted by atomic mass is 79.9. The fourth-order valence-electron chi connectivity index (χ4n) is 2.82. The van der Waals surface area contributed by atoms with Gasteiger partial charge in [-0.05, 0) is 30.3 Å². The zero-order valence-corrected chi connectivity index (χ0v) is 14.8. The van der Waals surface area contributed by atoms with Crippen molar-refractivity contribution >= 4 is 32.9 Å². The predicted octanol–water partition coefficient (Wildman–Crippen LogP) is 4.89. The monoisotopic (exact) mass is 411 g/mol. The van der Waals surface area contributed by atoms with Crippen molar-refractivity contribution in [2.24, 2.45) is 0 Å². The van der Waals surface area contributed by atoms with Gasteiger partial charge in [-0.1, -0.05) is 40.2 Å². The first-order chi connectivity index (χ1) is 12.5. The van der Waals surface area contributed by atoms with Crippen molar-refractivity contribution < 1.29 is 14.3 Å². The number of carbonyl (C=O) groups is 1. The van der Waals surface area contributed by atoms with E-state index >= 15 is 0 Å². The molecule has 0 atom stereocenters. The molecule has 0 unspecified atom stereocenters. The smallest absolute Gasteiger partial charge is 0.336 e. The van der Waals surface area contributed by atoms with Crippen molar-refractivity contribution in [1.29, 1.82) is 0 Å². The fourth-order valence-corrected chi connectivity index (χ4v) is 3.09. The average molecular weight is 412 g/mol. The van der Waals surface area contributed by atoms with Gasteiger partial charge < -0.3 is 5.11 Å². The Hall–Kier alpha value is -3.06. The van der Waals surface area contributed by atoms with E-state index in [-0.39, 0.29) is 22.5 Å². The number of carboxylic acids is 1. The lowest BCUT2D eigenvalue weighted by Gasteiger charge is -2.06. The predicted molar refractivity (Wildman–Crippen MR) is 99.4 cm³/mol. The highest BCUT2D eigenvalue weighted by Crippen LogP contribution is 2.32. The highest BCUT2D eigenvalue weighted by Gasteiger charge is 2.20. The van der Waals surface area contributed by atoms with E-state index in [0.717, 1.165) is 10.0 Å². The lowest BCUT2D eigenvalue weighted by Crippen LogP contribution is -2.01. The summed E-state index contributed by atoms with van der Waals surface area (Å²) in [5.74, 6) is -1.60. The summed E-state index contributed by atoms with van der Waals surface area (Å²) in [5.41, 5.74) is 2.02. The van der Waals surface area contributed by atoms with Crippen LogP contribution in [-0.2, 0) is 0 Å². The van der Waals surface area contributed by atoms with Gasteiger partial charge in [0.25, 0.3) is 0 Å². The standard InChI is InChI=1S/C19H11BrFN3O2/c20-11-7-5-10(6-8-11)17-16-13(19(25)26)9-15(22-18(16)24-23-17)12-3-1-2-4-14(12)21/h1-9H,(H,25,26)(H,22,23,24). The van der Waals surface area contributed by atoms with Crippen LogP contribution in [0, 0.1) is 5.82 Å². The Morgan fingerprint density at radius 2 is 1.85 bits per heavy atom. The summed E-state index contributed by atoms with van der Waals surface area (Å²) in [4.78, 5) is 16.2. The summed E-state index contributed by atoms with van der Waals surface area (Å²) >= 11 is 3.37. The van der Waals surface area contributed by atoms with Crippen LogP contribution in [0.4, 0.5) is 4.39 Å². The minimum absolute atomic E-state index is 0.0138. The molecule has 0 bridgehead atoms. The Balaban J connectivity index is 1.98. The number of hydrogen-bond donors (Lipinski definition) is 2. The maximum absolute atomic E-state index is 14.1. The molecular weight excluding hydrogens is 401 g/mol. The van der Waals surface area contributed by atoms with Gasteiger partial charge in [-0.25, -0.2) is 14.2 Å². The molecule has 4 rings (SSSR count). The zero-order chi connectivity index (χ0) is 18.3. The quantitative estimate of drug-likeness (QED) is 0.502. The fraction of sp³-hybridized carbons (Fsp3) is 0. The second kappa shape index (κ2) is 6.34. The number of nitrogens with zero attached hydrogens (tertiary/aromatic N) is 2. The van der Waals surface area contributed by atoms with E-state index in [4.69, 9.17) is 0 Å². The van der Waals surface area contributed by atoms with Gasteiger partial charge in [-0.3, -0.25) is 5.10 Å². The Kier molecular flexibility index (Phi) is 4.00. The molecule has 0 saturated heterocycles. The molecule has 2 heterocycles. The average Bonchev–Trinajstić information content (AvgIpc) is 3.06. The molecule has 4 aromatic rings. The molecule has 2 aromatic heterocycles. The van der Waals surface area contributed by atoms with Gasteiger partial charge in [0, 0.05) is 15.6 Å². The van der Waals surface area contributed by atoms with Crippen LogP contribution in [0.15, 0.2) is 59.1 Å². The summed E-state index contributed by atoms with van der Waals surface area (Å²) in [7, 11) is 0. The molecule has 0 aliphatic heterocycles. The van der Waals surface area contributed by atoms with Crippen molar-refractivity contribution in [1.82, 2.24) is 15.2 Å². The zero-order valence-electron chi connectivity index (χ0n) is 13.2. The molecular formula is C19H11BrFN3O2. The number of benzene rings is 2. The van der Waals surface area contributed by atoms with E-state index in [2.05, 4.69) is 31.1 Å². The second-order valence-electron chi connectivity index (χ2n) is 5.64. The van der Waals surface area contributed by atoms with Gasteiger partial charge in [0.15, 0.2) is 5.65 Å². The first-order valence-electron chi connectivity index (χ1n) is 7.68. The Bertz CT molecular complexity index is 1140. The highest BCUT2D eigenvalue weighted by molar-refractivity contribution is 9.10. The number of pyridine rings is 1. The minimum Gasteiger partial charge on any atom is -0.478 e. The van der Waals surface area contributed by atoms with Crippen LogP contribution in [0.2, 0.25) is 0 Å². The molecule has 0 amide bonds. The number of halogens is 2. The Labute approximate surface area is 155 Å². The van der Waals surface area contributed by atoms with Gasteiger partial charge in [0.05, 0.1) is 22.3 Å². The SMILES string of the molecule is O=C(O)c1cc(-c2ccccc2F)nc2n[nH]c(-c3ccc(Br)cc3)c12. The molecule has 0 aliphatic carbocycles. The third-order valence-corrected chi connectivity index (χ3v) is 4.57. The van der Waals surface area contributed by atoms with Crippen molar-refractivity contribution in [2.75, 3.05) is 0 Å². The first-order valence-corrected chi connectivity index (χ1v) is 8.47. The van der Waals surface area contributed by atoms with E-state index in [0.29, 0.717) is 11.1 Å². The maximum Gasteiger partial charge on any atom is 0.336 e. The number of hydrogen-bond acceptors (Lipinski definition) is 3. The summed E-state index contributed by atoms with van der Waals surface area (Å²) in [6.07, 6.45) is 0. The number of nitrogens with one attached hydrogen (secondary N) is 1. The lowest BCUT2D eigenvalue weighted by atomic mass is 10.0. The summed E-state index contributed by atoms with van der Waals surface area (Å²) < 4.78 is 15.0. The van der Waals surface area contributed by atoms with Crippen LogP contribution < -0.4 is 0 Å². The van der Waals surface area contributed by atoms with Crippen molar-refractivity contribution in [2.45, 2.75) is 0 Å². The minimum atomic E-state index is -1.13. The van der Waals surface area contributed by atoms with Gasteiger partial charge >= 0.3 is 5.97 Å². The summed E-state index contributed by atoms with van der Waals surface area (Å²) in [6, 6.07) is 14.9. The molecule has 0 spiro atoms. The van der Waals surface area contributed by atoms with Crippen LogP contribution in [0.5, 0.6) is 0 Å². The van der Waals surface area contributed by atoms with Crippen LogP contribution in [-0.4, -0.2) is 26.3 Å². The topological polar surface area (TPSA) is 78.9 Å². The number of aromatic carboxylic acids is 1. The van der Waals surface area contributed by atoms with Crippen LogP contribution >= 0.6 is 15.9 Å². The Morgan fingerprint density at radius 3 is 2.54 bits per heavy atom. The largest absolute Gasteiger partial charge is 0.478 e. The van der Waals surface area contributed by atoms with E-state index in [9.17, 15) is 14.3 Å². The van der Waals surface area contributed by atoms with E-state index in [1.54, 1.807) is 18.2 Å². The molecule has 0 saturated carbocycles. The number of rotatable bonds is 3. The molecule has 5 nitrogen and oxygen atoms in total. The molecule has 0 aliphatic rings. The maximum atomic E-state index is 14.1. The number of fused-ring (bicyclic) bond motifs is 1. The number of H-pyrrole nitrogens is 1. The molecule has 26 heavy (non-hydrogen) atoms. The van der Waals surface area contributed by atoms with Crippen LogP contribution in [0.3, 0.4) is 0 Å². The molecule has 0 radical (unpaired) electrons. The van der Waals surface area contributed by atoms with Crippen LogP contribution in [0.25, 0.3) is 33.5 Å². The summed E-state index contributed by atoms with van der Waals surface area (Å²) in [6.45, 7) is 0. The summed E-state index contributed by atoms with van der Waals surface area (Å²) in [5, 5.41) is 17.1. The van der Waals surface area contributed by atoms with Crippen LogP contribution in [0.1, 0.15) is 10.4 Å².